The minimum Gasteiger partial charge on any atom is -0.748 e. The first-order chi connectivity index (χ1) is 14.3. The predicted octanol–water partition coefficient (Wildman–Crippen LogP) is 3.39. The molecule has 9 heteroatoms. The minimum atomic E-state index is -4.16. The van der Waals surface area contributed by atoms with Crippen LogP contribution in [0.3, 0.4) is 0 Å². The van der Waals surface area contributed by atoms with Crippen LogP contribution in [0.25, 0.3) is 0 Å². The summed E-state index contributed by atoms with van der Waals surface area (Å²) < 4.78 is 39.6. The third-order valence-corrected chi connectivity index (χ3v) is 6.17. The first kappa shape index (κ1) is 26.4. The molecule has 3 rings (SSSR count). The molecule has 0 fully saturated rings. The molecule has 0 spiro atoms. The summed E-state index contributed by atoms with van der Waals surface area (Å²) in [5.41, 5.74) is 3.02. The van der Waals surface area contributed by atoms with Crippen LogP contribution in [-0.4, -0.2) is 25.3 Å². The van der Waals surface area contributed by atoms with E-state index in [1.54, 1.807) is 0 Å². The van der Waals surface area contributed by atoms with Gasteiger partial charge in [-0.05, 0) is 85.6 Å². The van der Waals surface area contributed by atoms with Crippen LogP contribution in [-0.2, 0) is 10.1 Å². The van der Waals surface area contributed by atoms with Crippen molar-refractivity contribution in [3.63, 3.8) is 0 Å². The van der Waals surface area contributed by atoms with E-state index in [9.17, 15) is 13.0 Å². The van der Waals surface area contributed by atoms with Crippen LogP contribution in [0.5, 0.6) is 5.75 Å². The fourth-order valence-electron chi connectivity index (χ4n) is 2.89. The molecule has 5 nitrogen and oxygen atoms in total. The second kappa shape index (κ2) is 12.4. The van der Waals surface area contributed by atoms with Gasteiger partial charge in [-0.1, -0.05) is 31.9 Å². The molecule has 0 heterocycles. The van der Waals surface area contributed by atoms with E-state index in [2.05, 4.69) is 36.8 Å². The van der Waals surface area contributed by atoms with Crippen LogP contribution in [0, 0.1) is 0 Å². The summed E-state index contributed by atoms with van der Waals surface area (Å²) in [6, 6.07) is 23.9. The van der Waals surface area contributed by atoms with Gasteiger partial charge in [0.1, 0.15) is 5.75 Å². The Kier molecular flexibility index (Phi) is 10.5. The molecule has 3 aromatic rings. The normalized spacial score (nSPS) is 10.9. The number of hydrogen-bond acceptors (Lipinski definition) is 5. The number of anilines is 3. The Morgan fingerprint density at radius 3 is 1.58 bits per heavy atom. The van der Waals surface area contributed by atoms with Crippen LogP contribution >= 0.6 is 31.9 Å². The Morgan fingerprint density at radius 1 is 0.742 bits per heavy atom. The molecule has 0 N–H and O–H groups in total. The molecule has 0 radical (unpaired) electrons. The summed E-state index contributed by atoms with van der Waals surface area (Å²) in [6.07, 6.45) is 0.804. The average molecular weight is 577 g/mol. The topological polar surface area (TPSA) is 69.7 Å². The molecule has 0 saturated carbocycles. The van der Waals surface area contributed by atoms with Gasteiger partial charge in [0.25, 0.3) is 0 Å². The maximum atomic E-state index is 10.6. The van der Waals surface area contributed by atoms with Crippen molar-refractivity contribution in [1.82, 2.24) is 0 Å². The maximum Gasteiger partial charge on any atom is 1.00 e. The van der Waals surface area contributed by atoms with Crippen LogP contribution in [0.1, 0.15) is 12.8 Å². The fourth-order valence-corrected chi connectivity index (χ4v) is 3.98. The van der Waals surface area contributed by atoms with Gasteiger partial charge in [-0.25, -0.2) is 8.42 Å². The van der Waals surface area contributed by atoms with E-state index in [1.807, 2.05) is 72.8 Å². The number of nitrogens with zero attached hydrogens (tertiary/aromatic N) is 1. The van der Waals surface area contributed by atoms with Gasteiger partial charge in [0.05, 0.1) is 16.7 Å². The van der Waals surface area contributed by atoms with Gasteiger partial charge >= 0.3 is 29.6 Å². The quantitative estimate of drug-likeness (QED) is 0.222. The molecular weight excluding hydrogens is 557 g/mol. The molecule has 0 aliphatic carbocycles. The molecule has 0 aliphatic rings. The number of rotatable bonds is 9. The Bertz CT molecular complexity index is 1010. The zero-order valence-electron chi connectivity index (χ0n) is 17.0. The Hall–Kier alpha value is -0.870. The zero-order valence-corrected chi connectivity index (χ0v) is 23.0. The first-order valence-corrected chi connectivity index (χ1v) is 12.5. The Balaban J connectivity index is 0.00000341. The summed E-state index contributed by atoms with van der Waals surface area (Å²) in [7, 11) is -4.16. The maximum absolute atomic E-state index is 10.6. The number of ether oxygens (including phenoxy) is 1. The van der Waals surface area contributed by atoms with Crippen LogP contribution in [0.2, 0.25) is 0 Å². The van der Waals surface area contributed by atoms with Gasteiger partial charge in [0.15, 0.2) is 0 Å². The second-order valence-electron chi connectivity index (χ2n) is 6.60. The van der Waals surface area contributed by atoms with Crippen molar-refractivity contribution in [3.05, 3.63) is 81.7 Å². The number of hydrogen-bond donors (Lipinski definition) is 0. The fraction of sp³-hybridized carbons (Fsp3) is 0.182. The van der Waals surface area contributed by atoms with Crippen LogP contribution in [0.15, 0.2) is 81.7 Å². The molecule has 31 heavy (non-hydrogen) atoms. The van der Waals surface area contributed by atoms with Gasteiger partial charge in [-0.3, -0.25) is 0 Å². The third-order valence-electron chi connectivity index (χ3n) is 4.32. The van der Waals surface area contributed by atoms with Gasteiger partial charge < -0.3 is 14.2 Å². The van der Waals surface area contributed by atoms with Crippen molar-refractivity contribution in [3.8, 4) is 5.75 Å². The van der Waals surface area contributed by atoms with Crippen molar-refractivity contribution >= 4 is 59.0 Å². The molecule has 158 valence electrons. The Labute approximate surface area is 222 Å². The number of unbranched alkanes of at least 4 members (excludes halogenated alkanes) is 1. The van der Waals surface area contributed by atoms with Crippen molar-refractivity contribution in [1.29, 1.82) is 0 Å². The van der Waals surface area contributed by atoms with Gasteiger partial charge in [-0.15, -0.1) is 0 Å². The molecule has 0 unspecified atom stereocenters. The van der Waals surface area contributed by atoms with Crippen molar-refractivity contribution < 1.29 is 47.3 Å². The first-order valence-electron chi connectivity index (χ1n) is 9.29. The SMILES string of the molecule is O=S(=O)([O-])CCCCOc1ccc(N(c2ccc(Br)cc2)c2ccc(Br)cc2)cc1.[Na+]. The summed E-state index contributed by atoms with van der Waals surface area (Å²) in [4.78, 5) is 2.14. The smallest absolute Gasteiger partial charge is 0.748 e. The summed E-state index contributed by atoms with van der Waals surface area (Å²) in [5, 5.41) is 0. The largest absolute Gasteiger partial charge is 1.00 e. The summed E-state index contributed by atoms with van der Waals surface area (Å²) in [5.74, 6) is 0.334. The third kappa shape index (κ3) is 8.53. The van der Waals surface area contributed by atoms with Crippen molar-refractivity contribution in [2.75, 3.05) is 17.3 Å². The van der Waals surface area contributed by atoms with E-state index in [4.69, 9.17) is 4.74 Å². The monoisotopic (exact) mass is 575 g/mol. The molecule has 0 aliphatic heterocycles. The molecule has 3 aromatic carbocycles. The van der Waals surface area contributed by atoms with Crippen molar-refractivity contribution in [2.24, 2.45) is 0 Å². The minimum absolute atomic E-state index is 0. The van der Waals surface area contributed by atoms with Crippen LogP contribution < -0.4 is 39.2 Å². The molecule has 0 atom stereocenters. The number of halogens is 2. The van der Waals surface area contributed by atoms with Gasteiger partial charge in [0.2, 0.25) is 0 Å². The molecule has 0 bridgehead atoms. The number of benzene rings is 3. The standard InChI is InChI=1S/C22H21Br2NO4S.Na/c23-17-3-7-19(8-4-17)25(20-9-5-18(24)6-10-20)21-11-13-22(14-12-21)29-15-1-2-16-30(26,27)28;/h3-14H,1-2,15-16H2,(H,26,27,28);/q;+1/p-1. The average Bonchev–Trinajstić information content (AvgIpc) is 2.71. The molecule has 0 aromatic heterocycles. The van der Waals surface area contributed by atoms with Crippen LogP contribution in [0.4, 0.5) is 17.1 Å². The Morgan fingerprint density at radius 2 is 1.16 bits per heavy atom. The zero-order chi connectivity index (χ0) is 21.6. The van der Waals surface area contributed by atoms with Crippen molar-refractivity contribution in [2.45, 2.75) is 12.8 Å². The van der Waals surface area contributed by atoms with E-state index in [1.165, 1.54) is 0 Å². The van der Waals surface area contributed by atoms with E-state index in [0.29, 0.717) is 25.2 Å². The van der Waals surface area contributed by atoms with Gasteiger partial charge in [0, 0.05) is 31.8 Å². The summed E-state index contributed by atoms with van der Waals surface area (Å²) >= 11 is 6.96. The predicted molar refractivity (Wildman–Crippen MR) is 126 cm³/mol. The molecular formula is C22H20Br2NNaO4S. The molecule has 0 saturated heterocycles. The van der Waals surface area contributed by atoms with Gasteiger partial charge in [-0.2, -0.15) is 0 Å². The molecule has 0 amide bonds. The van der Waals surface area contributed by atoms with E-state index >= 15 is 0 Å². The van der Waals surface area contributed by atoms with E-state index < -0.39 is 10.1 Å². The summed E-state index contributed by atoms with van der Waals surface area (Å²) in [6.45, 7) is 0.359. The van der Waals surface area contributed by atoms with E-state index in [-0.39, 0.29) is 35.3 Å². The van der Waals surface area contributed by atoms with E-state index in [0.717, 1.165) is 26.0 Å². The second-order valence-corrected chi connectivity index (χ2v) is 9.95.